The summed E-state index contributed by atoms with van der Waals surface area (Å²) in [6.45, 7) is 5.93. The largest absolute Gasteiger partial charge is 0.381 e. The van der Waals surface area contributed by atoms with Crippen molar-refractivity contribution >= 4 is 35.3 Å². The summed E-state index contributed by atoms with van der Waals surface area (Å²) in [6.07, 6.45) is -1.72. The minimum absolute atomic E-state index is 0.0371. The lowest BCUT2D eigenvalue weighted by molar-refractivity contribution is -0.147. The van der Waals surface area contributed by atoms with Crippen molar-refractivity contribution < 1.29 is 28.3 Å². The van der Waals surface area contributed by atoms with Crippen LogP contribution in [0, 0.1) is 18.6 Å². The maximum atomic E-state index is 14.1. The lowest BCUT2D eigenvalue weighted by Crippen LogP contribution is -2.59. The number of benzene rings is 3. The fraction of sp³-hybridized carbons (Fsp3) is 0.323. The van der Waals surface area contributed by atoms with E-state index < -0.39 is 52.2 Å². The number of urea groups is 1. The van der Waals surface area contributed by atoms with Gasteiger partial charge in [-0.1, -0.05) is 60.7 Å². The number of amides is 4. The minimum atomic E-state index is -1.76. The molecule has 3 atom stereocenters. The number of aliphatic hydroxyl groups excluding tert-OH is 1. The van der Waals surface area contributed by atoms with E-state index >= 15 is 0 Å². The number of carbonyl (C=O) groups is 3. The SMILES string of the molecule is Cc1ccccc1CNC(=O)[C@H]1N(C(=O)[C@@H](O)[C@H](Cc2ccccc2)NC(=O)Nc2c(F)cccc2F)CSC1(C)C. The molecule has 1 aliphatic rings. The number of anilines is 1. The van der Waals surface area contributed by atoms with Gasteiger partial charge in [0.15, 0.2) is 6.10 Å². The lowest BCUT2D eigenvalue weighted by atomic mass is 9.97. The van der Waals surface area contributed by atoms with Crippen LogP contribution >= 0.6 is 11.8 Å². The van der Waals surface area contributed by atoms with Gasteiger partial charge in [0.1, 0.15) is 23.4 Å². The number of para-hydroxylation sites is 1. The van der Waals surface area contributed by atoms with E-state index in [2.05, 4.69) is 16.0 Å². The fourth-order valence-electron chi connectivity index (χ4n) is 4.89. The van der Waals surface area contributed by atoms with E-state index in [9.17, 15) is 28.3 Å². The van der Waals surface area contributed by atoms with Gasteiger partial charge in [-0.15, -0.1) is 11.8 Å². The molecule has 4 amide bonds. The Labute approximate surface area is 247 Å². The molecule has 42 heavy (non-hydrogen) atoms. The van der Waals surface area contributed by atoms with Crippen LogP contribution in [-0.2, 0) is 22.6 Å². The summed E-state index contributed by atoms with van der Waals surface area (Å²) in [5.41, 5.74) is 2.01. The number of rotatable bonds is 9. The highest BCUT2D eigenvalue weighted by molar-refractivity contribution is 8.00. The van der Waals surface area contributed by atoms with E-state index in [0.717, 1.165) is 29.3 Å². The van der Waals surface area contributed by atoms with Crippen LogP contribution in [0.1, 0.15) is 30.5 Å². The number of hydrogen-bond donors (Lipinski definition) is 4. The minimum Gasteiger partial charge on any atom is -0.381 e. The number of nitrogens with zero attached hydrogens (tertiary/aromatic N) is 1. The zero-order valence-electron chi connectivity index (χ0n) is 23.6. The van der Waals surface area contributed by atoms with Gasteiger partial charge in [-0.2, -0.15) is 0 Å². The molecule has 1 heterocycles. The molecule has 0 bridgehead atoms. The van der Waals surface area contributed by atoms with Gasteiger partial charge < -0.3 is 26.0 Å². The molecule has 0 saturated carbocycles. The number of carbonyl (C=O) groups excluding carboxylic acids is 3. The van der Waals surface area contributed by atoms with Crippen LogP contribution in [0.3, 0.4) is 0 Å². The van der Waals surface area contributed by atoms with Gasteiger partial charge in [-0.05, 0) is 56.0 Å². The molecule has 4 N–H and O–H groups in total. The van der Waals surface area contributed by atoms with Crippen molar-refractivity contribution in [1.29, 1.82) is 0 Å². The summed E-state index contributed by atoms with van der Waals surface area (Å²) in [7, 11) is 0. The van der Waals surface area contributed by atoms with Crippen LogP contribution in [0.4, 0.5) is 19.3 Å². The van der Waals surface area contributed by atoms with E-state index in [4.69, 9.17) is 0 Å². The summed E-state index contributed by atoms with van der Waals surface area (Å²) in [5.74, 6) is -2.91. The number of nitrogens with one attached hydrogen (secondary N) is 3. The predicted molar refractivity (Wildman–Crippen MR) is 159 cm³/mol. The number of thioether (sulfide) groups is 1. The van der Waals surface area contributed by atoms with Gasteiger partial charge in [-0.25, -0.2) is 13.6 Å². The van der Waals surface area contributed by atoms with Gasteiger partial charge in [0.2, 0.25) is 5.91 Å². The number of aryl methyl sites for hydroxylation is 1. The molecular formula is C31H34F2N4O4S. The van der Waals surface area contributed by atoms with Crippen molar-refractivity contribution in [2.45, 2.75) is 56.7 Å². The third-order valence-electron chi connectivity index (χ3n) is 7.24. The van der Waals surface area contributed by atoms with Gasteiger partial charge in [0.25, 0.3) is 5.91 Å². The molecule has 3 aromatic carbocycles. The summed E-state index contributed by atoms with van der Waals surface area (Å²) in [5, 5.41) is 18.9. The molecule has 1 fully saturated rings. The molecule has 8 nitrogen and oxygen atoms in total. The van der Waals surface area contributed by atoms with Gasteiger partial charge >= 0.3 is 6.03 Å². The Morgan fingerprint density at radius 3 is 2.31 bits per heavy atom. The van der Waals surface area contributed by atoms with Crippen LogP contribution in [0.15, 0.2) is 72.8 Å². The average molecular weight is 597 g/mol. The van der Waals surface area contributed by atoms with Crippen molar-refractivity contribution in [3.05, 3.63) is 101 Å². The lowest BCUT2D eigenvalue weighted by Gasteiger charge is -2.33. The Morgan fingerprint density at radius 1 is 1.00 bits per heavy atom. The Bertz CT molecular complexity index is 1420. The summed E-state index contributed by atoms with van der Waals surface area (Å²) in [4.78, 5) is 41.3. The summed E-state index contributed by atoms with van der Waals surface area (Å²) < 4.78 is 27.6. The first-order valence-electron chi connectivity index (χ1n) is 13.5. The summed E-state index contributed by atoms with van der Waals surface area (Å²) in [6, 6.07) is 16.6. The molecule has 3 aromatic rings. The van der Waals surface area contributed by atoms with E-state index in [1.807, 2.05) is 45.0 Å². The van der Waals surface area contributed by atoms with Crippen LogP contribution in [0.2, 0.25) is 0 Å². The molecule has 11 heteroatoms. The molecule has 1 saturated heterocycles. The first-order chi connectivity index (χ1) is 20.0. The molecule has 1 aliphatic heterocycles. The monoisotopic (exact) mass is 596 g/mol. The Morgan fingerprint density at radius 2 is 1.64 bits per heavy atom. The van der Waals surface area contributed by atoms with Crippen molar-refractivity contribution in [3.8, 4) is 0 Å². The topological polar surface area (TPSA) is 111 Å². The van der Waals surface area contributed by atoms with E-state index in [1.165, 1.54) is 16.7 Å². The molecule has 0 spiro atoms. The van der Waals surface area contributed by atoms with Crippen molar-refractivity contribution in [2.75, 3.05) is 11.2 Å². The van der Waals surface area contributed by atoms with Crippen LogP contribution < -0.4 is 16.0 Å². The van der Waals surface area contributed by atoms with Crippen LogP contribution in [0.25, 0.3) is 0 Å². The highest BCUT2D eigenvalue weighted by Crippen LogP contribution is 2.40. The second-order valence-corrected chi connectivity index (χ2v) is 12.3. The predicted octanol–water partition coefficient (Wildman–Crippen LogP) is 4.36. The number of halogens is 2. The van der Waals surface area contributed by atoms with Crippen molar-refractivity contribution in [2.24, 2.45) is 0 Å². The van der Waals surface area contributed by atoms with Crippen LogP contribution in [-0.4, -0.2) is 56.7 Å². The van der Waals surface area contributed by atoms with Crippen LogP contribution in [0.5, 0.6) is 0 Å². The maximum Gasteiger partial charge on any atom is 0.319 e. The first kappa shape index (κ1) is 31.0. The normalized spacial score (nSPS) is 17.3. The third-order valence-corrected chi connectivity index (χ3v) is 8.62. The Hall–Kier alpha value is -3.96. The molecule has 222 valence electrons. The fourth-order valence-corrected chi connectivity index (χ4v) is 6.03. The average Bonchev–Trinajstić information content (AvgIpc) is 3.28. The zero-order valence-corrected chi connectivity index (χ0v) is 24.4. The molecule has 4 rings (SSSR count). The van der Waals surface area contributed by atoms with E-state index in [0.29, 0.717) is 5.56 Å². The number of aliphatic hydroxyl groups is 1. The van der Waals surface area contributed by atoms with E-state index in [1.54, 1.807) is 30.3 Å². The molecular weight excluding hydrogens is 562 g/mol. The molecule has 0 radical (unpaired) electrons. The highest BCUT2D eigenvalue weighted by atomic mass is 32.2. The maximum absolute atomic E-state index is 14.1. The number of hydrogen-bond acceptors (Lipinski definition) is 5. The first-order valence-corrected chi connectivity index (χ1v) is 14.5. The highest BCUT2D eigenvalue weighted by Gasteiger charge is 2.49. The molecule has 0 unspecified atom stereocenters. The van der Waals surface area contributed by atoms with Crippen molar-refractivity contribution in [3.63, 3.8) is 0 Å². The molecule has 0 aromatic heterocycles. The molecule has 0 aliphatic carbocycles. The Balaban J connectivity index is 1.53. The van der Waals surface area contributed by atoms with Gasteiger partial charge in [0.05, 0.1) is 11.9 Å². The van der Waals surface area contributed by atoms with E-state index in [-0.39, 0.29) is 24.7 Å². The zero-order chi connectivity index (χ0) is 30.4. The smallest absolute Gasteiger partial charge is 0.319 e. The summed E-state index contributed by atoms with van der Waals surface area (Å²) >= 11 is 1.40. The van der Waals surface area contributed by atoms with Gasteiger partial charge in [0, 0.05) is 11.3 Å². The van der Waals surface area contributed by atoms with Gasteiger partial charge in [-0.3, -0.25) is 9.59 Å². The Kier molecular flexibility index (Phi) is 9.85. The second-order valence-electron chi connectivity index (χ2n) is 10.7. The second kappa shape index (κ2) is 13.3. The standard InChI is InChI=1S/C31H34F2N4O4S/c1-19-10-7-8-13-21(19)17-34-28(39)27-31(2,3)42-18-37(27)29(40)26(38)24(16-20-11-5-4-6-12-20)35-30(41)36-25-22(32)14-9-15-23(25)33/h4-15,24,26-27,38H,16-18H2,1-3H3,(H,34,39)(H2,35,36,41)/t24-,26-,27+/m0/s1. The quantitative estimate of drug-likeness (QED) is 0.294. The van der Waals surface area contributed by atoms with Crippen molar-refractivity contribution in [1.82, 2.24) is 15.5 Å². The third kappa shape index (κ3) is 7.27.